The molecule has 2 bridgehead atoms. The highest BCUT2D eigenvalue weighted by atomic mass is 28.3. The predicted octanol–water partition coefficient (Wildman–Crippen LogP) is 5.46. The summed E-state index contributed by atoms with van der Waals surface area (Å²) in [5, 5.41) is 5.75. The van der Waals surface area contributed by atoms with E-state index in [1.807, 2.05) is 7.11 Å². The molecule has 0 amide bonds. The molecule has 0 unspecified atom stereocenters. The molecule has 0 saturated carbocycles. The van der Waals surface area contributed by atoms with Crippen LogP contribution in [-0.2, 0) is 11.2 Å². The van der Waals surface area contributed by atoms with Gasteiger partial charge in [0.2, 0.25) is 0 Å². The highest BCUT2D eigenvalue weighted by Crippen LogP contribution is 2.60. The molecule has 7 rings (SSSR count). The molecule has 0 saturated heterocycles. The van der Waals surface area contributed by atoms with Crippen LogP contribution in [0.5, 0.6) is 5.75 Å². The van der Waals surface area contributed by atoms with Gasteiger partial charge in [0.15, 0.2) is 8.07 Å². The van der Waals surface area contributed by atoms with Crippen LogP contribution in [0.15, 0.2) is 130 Å². The van der Waals surface area contributed by atoms with Gasteiger partial charge in [-0.3, -0.25) is 0 Å². The average molecular weight is 471 g/mol. The van der Waals surface area contributed by atoms with Gasteiger partial charge in [0.05, 0.1) is 14.2 Å². The molecule has 4 aliphatic rings. The van der Waals surface area contributed by atoms with E-state index in [0.29, 0.717) is 0 Å². The highest BCUT2D eigenvalue weighted by molar-refractivity contribution is 7.16. The summed E-state index contributed by atoms with van der Waals surface area (Å²) >= 11 is 0. The Morgan fingerprint density at radius 1 is 0.743 bits per heavy atom. The Kier molecular flexibility index (Phi) is 4.45. The van der Waals surface area contributed by atoms with Crippen LogP contribution >= 0.6 is 0 Å². The molecule has 2 aliphatic carbocycles. The quantitative estimate of drug-likeness (QED) is 0.461. The number of ether oxygens (including phenoxy) is 2. The summed E-state index contributed by atoms with van der Waals surface area (Å²) < 4.78 is 11.8. The van der Waals surface area contributed by atoms with Crippen LogP contribution in [0, 0.1) is 0 Å². The molecule has 170 valence electrons. The van der Waals surface area contributed by atoms with Crippen LogP contribution in [0.3, 0.4) is 0 Å². The van der Waals surface area contributed by atoms with Crippen LogP contribution in [-0.4, -0.2) is 22.3 Å². The molecule has 3 heteroatoms. The van der Waals surface area contributed by atoms with Crippen molar-refractivity contribution in [3.8, 4) is 5.75 Å². The third-order valence-corrected chi connectivity index (χ3v) is 12.9. The van der Waals surface area contributed by atoms with Gasteiger partial charge in [0.1, 0.15) is 11.5 Å². The number of fused-ring (bicyclic) bond motifs is 5. The minimum atomic E-state index is -2.43. The van der Waals surface area contributed by atoms with Gasteiger partial charge in [0, 0.05) is 10.4 Å². The Labute approximate surface area is 207 Å². The smallest absolute Gasteiger partial charge is 0.189 e. The van der Waals surface area contributed by atoms with Crippen LogP contribution in [0.2, 0.25) is 0 Å². The molecule has 0 N–H and O–H groups in total. The zero-order chi connectivity index (χ0) is 23.6. The van der Waals surface area contributed by atoms with E-state index in [1.165, 1.54) is 54.2 Å². The van der Waals surface area contributed by atoms with Gasteiger partial charge in [-0.1, -0.05) is 85.0 Å². The molecule has 0 aromatic heterocycles. The van der Waals surface area contributed by atoms with Gasteiger partial charge in [-0.25, -0.2) is 0 Å². The van der Waals surface area contributed by atoms with Gasteiger partial charge in [-0.15, -0.1) is 0 Å². The summed E-state index contributed by atoms with van der Waals surface area (Å²) in [5.74, 6) is 2.02. The average Bonchev–Trinajstić information content (AvgIpc) is 3.57. The van der Waals surface area contributed by atoms with Gasteiger partial charge < -0.3 is 9.47 Å². The molecule has 0 spiro atoms. The fourth-order valence-corrected chi connectivity index (χ4v) is 12.0. The first kappa shape index (κ1) is 20.5. The molecule has 0 radical (unpaired) electrons. The monoisotopic (exact) mass is 470 g/mol. The maximum atomic E-state index is 6.24. The third kappa shape index (κ3) is 2.59. The summed E-state index contributed by atoms with van der Waals surface area (Å²) in [6, 6.07) is 28.9. The molecule has 3 aromatic rings. The number of allylic oxidation sites excluding steroid dienone is 9. The molecule has 2 nitrogen and oxygen atoms in total. The van der Waals surface area contributed by atoms with Crippen LogP contribution in [0.4, 0.5) is 0 Å². The van der Waals surface area contributed by atoms with E-state index in [0.717, 1.165) is 24.4 Å². The molecule has 35 heavy (non-hydrogen) atoms. The van der Waals surface area contributed by atoms with Gasteiger partial charge in [-0.2, -0.15) is 0 Å². The Hall–Kier alpha value is -3.82. The van der Waals surface area contributed by atoms with Crippen molar-refractivity contribution in [1.29, 1.82) is 0 Å². The van der Waals surface area contributed by atoms with E-state index in [2.05, 4.69) is 97.1 Å². The number of benzene rings is 3. The lowest BCUT2D eigenvalue weighted by Gasteiger charge is -2.51. The van der Waals surface area contributed by atoms with Crippen molar-refractivity contribution in [2.24, 2.45) is 0 Å². The van der Waals surface area contributed by atoms with Gasteiger partial charge >= 0.3 is 0 Å². The molecular formula is C32H26O2Si. The lowest BCUT2D eigenvalue weighted by atomic mass is 9.86. The maximum absolute atomic E-state index is 6.24. The first-order valence-electron chi connectivity index (χ1n) is 12.2. The number of hydrogen-bond acceptors (Lipinski definition) is 2. The van der Waals surface area contributed by atoms with Crippen molar-refractivity contribution < 1.29 is 9.47 Å². The predicted molar refractivity (Wildman–Crippen MR) is 144 cm³/mol. The number of rotatable bonds is 5. The summed E-state index contributed by atoms with van der Waals surface area (Å²) in [7, 11) is 1.17. The molecule has 0 atom stereocenters. The van der Waals surface area contributed by atoms with Crippen LogP contribution < -0.4 is 15.1 Å². The molecule has 2 heterocycles. The SMILES string of the molecule is COC1=C2C3=C(C(C4=CC=CC4)=C1[Si]2(c1ccccc1)c1ccccc1)c1ccc(OC)cc1C3. The Bertz CT molecular complexity index is 1500. The lowest BCUT2D eigenvalue weighted by Crippen LogP contribution is -2.69. The Morgan fingerprint density at radius 3 is 2.06 bits per heavy atom. The van der Waals surface area contributed by atoms with Crippen molar-refractivity contribution >= 4 is 24.0 Å². The van der Waals surface area contributed by atoms with Gasteiger partial charge in [0.25, 0.3) is 0 Å². The third-order valence-electron chi connectivity index (χ3n) is 7.97. The van der Waals surface area contributed by atoms with Crippen molar-refractivity contribution in [2.75, 3.05) is 14.2 Å². The van der Waals surface area contributed by atoms with Crippen LogP contribution in [0.25, 0.3) is 5.57 Å². The van der Waals surface area contributed by atoms with Crippen molar-refractivity contribution in [1.82, 2.24) is 0 Å². The molecule has 2 aliphatic heterocycles. The van der Waals surface area contributed by atoms with E-state index in [4.69, 9.17) is 9.47 Å². The fraction of sp³-hybridized carbons (Fsp3) is 0.125. The fourth-order valence-electron chi connectivity index (χ4n) is 6.62. The zero-order valence-electron chi connectivity index (χ0n) is 20.0. The minimum Gasteiger partial charge on any atom is -0.497 e. The summed E-state index contributed by atoms with van der Waals surface area (Å²) in [6.07, 6.45) is 8.65. The first-order chi connectivity index (χ1) is 17.3. The minimum absolute atomic E-state index is 0.913. The molecule has 3 aromatic carbocycles. The van der Waals surface area contributed by atoms with E-state index >= 15 is 0 Å². The Balaban J connectivity index is 1.58. The van der Waals surface area contributed by atoms with E-state index < -0.39 is 8.07 Å². The van der Waals surface area contributed by atoms with Crippen molar-refractivity contribution in [2.45, 2.75) is 12.8 Å². The van der Waals surface area contributed by atoms with E-state index in [1.54, 1.807) is 7.11 Å². The van der Waals surface area contributed by atoms with Crippen molar-refractivity contribution in [3.63, 3.8) is 0 Å². The normalized spacial score (nSPS) is 18.9. The second kappa shape index (κ2) is 7.59. The summed E-state index contributed by atoms with van der Waals surface area (Å²) in [5.41, 5.74) is 8.35. The summed E-state index contributed by atoms with van der Waals surface area (Å²) in [6.45, 7) is 0. The molecule has 0 fully saturated rings. The Morgan fingerprint density at radius 2 is 1.46 bits per heavy atom. The van der Waals surface area contributed by atoms with E-state index in [-0.39, 0.29) is 0 Å². The second-order valence-corrected chi connectivity index (χ2v) is 13.2. The maximum Gasteiger partial charge on any atom is 0.189 e. The van der Waals surface area contributed by atoms with Crippen LogP contribution in [0.1, 0.15) is 17.5 Å². The number of hydrogen-bond donors (Lipinski definition) is 0. The van der Waals surface area contributed by atoms with Crippen molar-refractivity contribution in [3.05, 3.63) is 141 Å². The van der Waals surface area contributed by atoms with E-state index in [9.17, 15) is 0 Å². The van der Waals surface area contributed by atoms with Gasteiger partial charge in [-0.05, 0) is 68.8 Å². The topological polar surface area (TPSA) is 18.5 Å². The second-order valence-electron chi connectivity index (χ2n) is 9.52. The summed E-state index contributed by atoms with van der Waals surface area (Å²) in [4.78, 5) is 0. The first-order valence-corrected chi connectivity index (χ1v) is 14.2. The lowest BCUT2D eigenvalue weighted by molar-refractivity contribution is 0.297. The standard InChI is InChI=1S/C32H26O2Si/c1-33-23-17-18-26-22(19-23)20-27-29(26)28(21-11-9-10-12-21)32-30(34-2)31(27)35(32,24-13-5-3-6-14-24)25-15-7-4-8-16-25/h3-11,13-19H,12,20H2,1-2H3. The largest absolute Gasteiger partial charge is 0.497 e. The zero-order valence-corrected chi connectivity index (χ0v) is 21.0. The highest BCUT2D eigenvalue weighted by Gasteiger charge is 2.62. The number of methoxy groups -OCH3 is 2. The molecular weight excluding hydrogens is 444 g/mol.